The summed E-state index contributed by atoms with van der Waals surface area (Å²) in [5, 5.41) is 2.58. The first-order valence-electron chi connectivity index (χ1n) is 9.49. The molecule has 0 amide bonds. The van der Waals surface area contributed by atoms with Crippen molar-refractivity contribution < 1.29 is 0 Å². The van der Waals surface area contributed by atoms with E-state index in [-0.39, 0.29) is 0 Å². The Labute approximate surface area is 163 Å². The average molecular weight is 364 g/mol. The van der Waals surface area contributed by atoms with Gasteiger partial charge in [0.1, 0.15) is 17.7 Å². The number of rotatable bonds is 4. The van der Waals surface area contributed by atoms with E-state index in [0.717, 1.165) is 35.5 Å². The van der Waals surface area contributed by atoms with Crippen LogP contribution in [0.25, 0.3) is 33.3 Å². The van der Waals surface area contributed by atoms with Gasteiger partial charge in [0.05, 0.1) is 6.20 Å². The lowest BCUT2D eigenvalue weighted by atomic mass is 10.0. The lowest BCUT2D eigenvalue weighted by Gasteiger charge is -2.11. The molecule has 0 aliphatic carbocycles. The number of nitrogens with zero attached hydrogens (tertiary/aromatic N) is 4. The molecular formula is C24H20N4. The minimum Gasteiger partial charge on any atom is -0.308 e. The standard InChI is InChI=1S/C24H20N4/c1-17-9-11-20(12-10-17)23-27-22-15-25-16-26-24(22)28(23)14-13-19-7-4-6-18-5-2-3-8-21(18)19/h2-12,15-16H,13-14H2,1H3. The molecule has 0 saturated carbocycles. The summed E-state index contributed by atoms with van der Waals surface area (Å²) >= 11 is 0. The average Bonchev–Trinajstić information content (AvgIpc) is 3.11. The van der Waals surface area contributed by atoms with Crippen LogP contribution < -0.4 is 0 Å². The second-order valence-corrected chi connectivity index (χ2v) is 7.07. The quantitative estimate of drug-likeness (QED) is 0.440. The van der Waals surface area contributed by atoms with Crippen LogP contribution in [0.2, 0.25) is 0 Å². The zero-order valence-electron chi connectivity index (χ0n) is 15.7. The zero-order valence-corrected chi connectivity index (χ0v) is 15.7. The molecule has 4 nitrogen and oxygen atoms in total. The molecule has 5 aromatic rings. The van der Waals surface area contributed by atoms with Crippen LogP contribution in [0, 0.1) is 6.92 Å². The highest BCUT2D eigenvalue weighted by atomic mass is 15.1. The first kappa shape index (κ1) is 16.6. The molecule has 0 spiro atoms. The molecule has 3 aromatic carbocycles. The van der Waals surface area contributed by atoms with Gasteiger partial charge in [-0.25, -0.2) is 15.0 Å². The van der Waals surface area contributed by atoms with Crippen molar-refractivity contribution in [1.82, 2.24) is 19.5 Å². The summed E-state index contributed by atoms with van der Waals surface area (Å²) in [5.41, 5.74) is 5.38. The van der Waals surface area contributed by atoms with Crippen molar-refractivity contribution in [2.24, 2.45) is 0 Å². The Morgan fingerprint density at radius 3 is 2.61 bits per heavy atom. The number of aromatic nitrogens is 4. The number of hydrogen-bond donors (Lipinski definition) is 0. The summed E-state index contributed by atoms with van der Waals surface area (Å²) in [6.45, 7) is 2.91. The Balaban J connectivity index is 1.58. The third kappa shape index (κ3) is 2.93. The van der Waals surface area contributed by atoms with Gasteiger partial charge in [-0.1, -0.05) is 72.3 Å². The number of hydrogen-bond acceptors (Lipinski definition) is 3. The van der Waals surface area contributed by atoms with Crippen molar-refractivity contribution in [2.75, 3.05) is 0 Å². The van der Waals surface area contributed by atoms with Gasteiger partial charge < -0.3 is 4.57 Å². The lowest BCUT2D eigenvalue weighted by Crippen LogP contribution is -2.05. The van der Waals surface area contributed by atoms with Gasteiger partial charge in [-0.15, -0.1) is 0 Å². The van der Waals surface area contributed by atoms with E-state index in [1.54, 1.807) is 12.5 Å². The number of fused-ring (bicyclic) bond motifs is 2. The molecule has 0 bridgehead atoms. The Morgan fingerprint density at radius 1 is 0.893 bits per heavy atom. The second kappa shape index (κ2) is 6.89. The molecular weight excluding hydrogens is 344 g/mol. The normalized spacial score (nSPS) is 11.3. The largest absolute Gasteiger partial charge is 0.308 e. The summed E-state index contributed by atoms with van der Waals surface area (Å²) in [6, 6.07) is 23.5. The monoisotopic (exact) mass is 364 g/mol. The van der Waals surface area contributed by atoms with E-state index in [1.165, 1.54) is 21.9 Å². The Bertz CT molecular complexity index is 1260. The van der Waals surface area contributed by atoms with Crippen LogP contribution in [0.1, 0.15) is 11.1 Å². The van der Waals surface area contributed by atoms with Crippen molar-refractivity contribution in [1.29, 1.82) is 0 Å². The van der Waals surface area contributed by atoms with Crippen molar-refractivity contribution >= 4 is 21.9 Å². The molecule has 0 aliphatic heterocycles. The van der Waals surface area contributed by atoms with Gasteiger partial charge in [0.2, 0.25) is 0 Å². The maximum absolute atomic E-state index is 4.83. The fourth-order valence-corrected chi connectivity index (χ4v) is 3.75. The van der Waals surface area contributed by atoms with E-state index < -0.39 is 0 Å². The van der Waals surface area contributed by atoms with Crippen LogP contribution in [0.3, 0.4) is 0 Å². The van der Waals surface area contributed by atoms with Crippen LogP contribution in [-0.4, -0.2) is 19.5 Å². The predicted octanol–water partition coefficient (Wildman–Crippen LogP) is 5.20. The van der Waals surface area contributed by atoms with Crippen LogP contribution in [0.4, 0.5) is 0 Å². The first-order valence-corrected chi connectivity index (χ1v) is 9.49. The van der Waals surface area contributed by atoms with E-state index in [4.69, 9.17) is 4.98 Å². The van der Waals surface area contributed by atoms with Crippen molar-refractivity contribution in [3.05, 3.63) is 90.4 Å². The van der Waals surface area contributed by atoms with Crippen LogP contribution in [-0.2, 0) is 13.0 Å². The molecule has 5 rings (SSSR count). The molecule has 0 aliphatic rings. The van der Waals surface area contributed by atoms with Gasteiger partial charge in [0.25, 0.3) is 0 Å². The topological polar surface area (TPSA) is 43.6 Å². The third-order valence-electron chi connectivity index (χ3n) is 5.20. The van der Waals surface area contributed by atoms with E-state index in [0.29, 0.717) is 0 Å². The number of benzene rings is 3. The van der Waals surface area contributed by atoms with Crippen LogP contribution >= 0.6 is 0 Å². The highest BCUT2D eigenvalue weighted by molar-refractivity contribution is 5.85. The molecule has 0 atom stereocenters. The SMILES string of the molecule is Cc1ccc(-c2nc3cncnc3n2CCc2cccc3ccccc23)cc1. The van der Waals surface area contributed by atoms with Gasteiger partial charge in [-0.3, -0.25) is 0 Å². The van der Waals surface area contributed by atoms with E-state index >= 15 is 0 Å². The van der Waals surface area contributed by atoms with E-state index in [9.17, 15) is 0 Å². The lowest BCUT2D eigenvalue weighted by molar-refractivity contribution is 0.719. The zero-order chi connectivity index (χ0) is 18.9. The minimum atomic E-state index is 0.810. The molecule has 0 unspecified atom stereocenters. The molecule has 2 aromatic heterocycles. The summed E-state index contributed by atoms with van der Waals surface area (Å²) in [4.78, 5) is 13.5. The highest BCUT2D eigenvalue weighted by Crippen LogP contribution is 2.25. The summed E-state index contributed by atoms with van der Waals surface area (Å²) < 4.78 is 2.21. The Morgan fingerprint density at radius 2 is 1.71 bits per heavy atom. The molecule has 136 valence electrons. The van der Waals surface area contributed by atoms with Crippen molar-refractivity contribution in [3.8, 4) is 11.4 Å². The maximum atomic E-state index is 4.83. The van der Waals surface area contributed by atoms with Crippen molar-refractivity contribution in [2.45, 2.75) is 19.9 Å². The fourth-order valence-electron chi connectivity index (χ4n) is 3.75. The summed E-state index contributed by atoms with van der Waals surface area (Å²) in [5.74, 6) is 0.940. The summed E-state index contributed by atoms with van der Waals surface area (Å²) in [6.07, 6.45) is 4.29. The number of aryl methyl sites for hydroxylation is 3. The number of imidazole rings is 1. The minimum absolute atomic E-state index is 0.810. The van der Waals surface area contributed by atoms with Gasteiger partial charge in [0.15, 0.2) is 5.65 Å². The molecule has 0 N–H and O–H groups in total. The molecule has 4 heteroatoms. The fraction of sp³-hybridized carbons (Fsp3) is 0.125. The Hall–Kier alpha value is -3.53. The molecule has 0 radical (unpaired) electrons. The predicted molar refractivity (Wildman–Crippen MR) is 113 cm³/mol. The highest BCUT2D eigenvalue weighted by Gasteiger charge is 2.14. The molecule has 28 heavy (non-hydrogen) atoms. The second-order valence-electron chi connectivity index (χ2n) is 7.07. The van der Waals surface area contributed by atoms with E-state index in [2.05, 4.69) is 88.2 Å². The Kier molecular flexibility index (Phi) is 4.09. The first-order chi connectivity index (χ1) is 13.8. The summed E-state index contributed by atoms with van der Waals surface area (Å²) in [7, 11) is 0. The molecule has 2 heterocycles. The molecule has 0 saturated heterocycles. The van der Waals surface area contributed by atoms with E-state index in [1.807, 2.05) is 0 Å². The maximum Gasteiger partial charge on any atom is 0.163 e. The molecule has 0 fully saturated rings. The third-order valence-corrected chi connectivity index (χ3v) is 5.20. The van der Waals surface area contributed by atoms with Crippen molar-refractivity contribution in [3.63, 3.8) is 0 Å². The van der Waals surface area contributed by atoms with Gasteiger partial charge >= 0.3 is 0 Å². The van der Waals surface area contributed by atoms with Crippen LogP contribution in [0.5, 0.6) is 0 Å². The smallest absolute Gasteiger partial charge is 0.163 e. The van der Waals surface area contributed by atoms with Gasteiger partial charge in [-0.2, -0.15) is 0 Å². The van der Waals surface area contributed by atoms with Gasteiger partial charge in [-0.05, 0) is 29.7 Å². The van der Waals surface area contributed by atoms with Crippen LogP contribution in [0.15, 0.2) is 79.3 Å². The van der Waals surface area contributed by atoms with Gasteiger partial charge in [0, 0.05) is 12.1 Å².